The van der Waals surface area contributed by atoms with Gasteiger partial charge in [0.25, 0.3) is 5.97 Å². The molecule has 5 nitrogen and oxygen atoms in total. The molecule has 4 N–H and O–H groups in total. The second-order valence-corrected chi connectivity index (χ2v) is 2.62. The van der Waals surface area contributed by atoms with Crippen molar-refractivity contribution in [2.24, 2.45) is 11.8 Å². The molecular weight excluding hydrogens is 158 g/mol. The minimum absolute atomic E-state index is 0.215. The molecule has 0 radical (unpaired) electrons. The Balaban J connectivity index is 3.86. The topological polar surface area (TPSA) is 89.5 Å². The van der Waals surface area contributed by atoms with E-state index in [1.54, 1.807) is 0 Å². The Hall–Kier alpha value is -1.23. The molecule has 0 saturated carbocycles. The highest BCUT2D eigenvalue weighted by Crippen LogP contribution is 2.06. The van der Waals surface area contributed by atoms with E-state index >= 15 is 0 Å². The van der Waals surface area contributed by atoms with Gasteiger partial charge in [-0.15, -0.1) is 0 Å². The number of rotatable bonds is 5. The monoisotopic (exact) mass is 172 g/mol. The number of nitrogens with two attached hydrogens (primary N) is 1. The molecule has 0 unspecified atom stereocenters. The van der Waals surface area contributed by atoms with Gasteiger partial charge in [-0.3, -0.25) is 10.6 Å². The van der Waals surface area contributed by atoms with E-state index in [-0.39, 0.29) is 12.5 Å². The molecule has 0 atom stereocenters. The van der Waals surface area contributed by atoms with E-state index in [9.17, 15) is 4.79 Å². The predicted octanol–water partition coefficient (Wildman–Crippen LogP) is 0.405. The lowest BCUT2D eigenvalue weighted by molar-refractivity contribution is -0.134. The first-order valence-corrected chi connectivity index (χ1v) is 3.63. The summed E-state index contributed by atoms with van der Waals surface area (Å²) in [7, 11) is 0. The number of hydrogen-bond acceptors (Lipinski definition) is 3. The molecule has 0 amide bonds. The molecule has 0 rings (SSSR count). The Labute approximate surface area is 71.6 Å². The van der Waals surface area contributed by atoms with Gasteiger partial charge >= 0.3 is 0 Å². The van der Waals surface area contributed by atoms with Crippen molar-refractivity contribution < 1.29 is 9.90 Å². The number of carbonyl (C=O) groups is 1. The van der Waals surface area contributed by atoms with Gasteiger partial charge in [-0.05, 0) is 12.5 Å². The fourth-order valence-corrected chi connectivity index (χ4v) is 0.575. The number of nitrogens with one attached hydrogen (secondary N) is 1. The maximum absolute atomic E-state index is 10.1. The van der Waals surface area contributed by atoms with Crippen LogP contribution in [0.15, 0.2) is 11.9 Å². The highest BCUT2D eigenvalue weighted by Gasteiger charge is 1.95. The molecule has 0 aromatic rings. The minimum Gasteiger partial charge on any atom is -0.680 e. The smallest absolute Gasteiger partial charge is 0.285 e. The summed E-state index contributed by atoms with van der Waals surface area (Å²) in [6.45, 7) is 3.64. The number of nitrogens with zero attached hydrogens (tertiary/aromatic N) is 1. The first kappa shape index (κ1) is 10.8. The van der Waals surface area contributed by atoms with E-state index < -0.39 is 5.97 Å². The van der Waals surface area contributed by atoms with E-state index in [4.69, 9.17) is 10.9 Å². The van der Waals surface area contributed by atoms with Gasteiger partial charge in [-0.25, -0.2) is 0 Å². The Morgan fingerprint density at radius 1 is 1.75 bits per heavy atom. The normalized spacial score (nSPS) is 11.5. The third-order valence-electron chi connectivity index (χ3n) is 1.25. The summed E-state index contributed by atoms with van der Waals surface area (Å²) < 4.78 is 0. The fraction of sp³-hybridized carbons (Fsp3) is 0.571. The molecule has 0 aromatic heterocycles. The number of hydrazine groups is 1. The molecule has 0 heterocycles. The van der Waals surface area contributed by atoms with Gasteiger partial charge in [-0.1, -0.05) is 13.8 Å². The molecular formula is C7H14N3O2-. The van der Waals surface area contributed by atoms with Gasteiger partial charge in [0.2, 0.25) is 0 Å². The van der Waals surface area contributed by atoms with E-state index in [1.807, 2.05) is 13.8 Å². The van der Waals surface area contributed by atoms with Crippen molar-refractivity contribution in [2.75, 3.05) is 6.54 Å². The molecule has 0 bridgehead atoms. The average molecular weight is 172 g/mol. The van der Waals surface area contributed by atoms with Crippen LogP contribution < -0.4 is 11.3 Å². The van der Waals surface area contributed by atoms with Crippen LogP contribution >= 0.6 is 0 Å². The van der Waals surface area contributed by atoms with Crippen LogP contribution in [0.1, 0.15) is 13.8 Å². The Bertz CT molecular complexity index is 177. The van der Waals surface area contributed by atoms with Gasteiger partial charge in [0.15, 0.2) is 0 Å². The third kappa shape index (κ3) is 4.56. The molecule has 70 valence electrons. The summed E-state index contributed by atoms with van der Waals surface area (Å²) in [5.41, 5.74) is 3.17. The van der Waals surface area contributed by atoms with Crippen molar-refractivity contribution in [1.82, 2.24) is 5.43 Å². The van der Waals surface area contributed by atoms with E-state index in [2.05, 4.69) is 10.7 Å². The van der Waals surface area contributed by atoms with Crippen LogP contribution in [0.25, 0.3) is 5.32 Å². The molecule has 0 spiro atoms. The summed E-state index contributed by atoms with van der Waals surface area (Å²) in [5, 5.41) is 11.9. The average Bonchev–Trinajstić information content (AvgIpc) is 1.96. The molecule has 0 aliphatic heterocycles. The van der Waals surface area contributed by atoms with Crippen LogP contribution in [-0.2, 0) is 4.79 Å². The fourth-order valence-electron chi connectivity index (χ4n) is 0.575. The lowest BCUT2D eigenvalue weighted by Gasteiger charge is -2.17. The lowest BCUT2D eigenvalue weighted by Crippen LogP contribution is -2.24. The largest absolute Gasteiger partial charge is 0.680 e. The van der Waals surface area contributed by atoms with Gasteiger partial charge < -0.3 is 15.8 Å². The number of carboxylic acids is 1. The summed E-state index contributed by atoms with van der Waals surface area (Å²) in [4.78, 5) is 10.1. The first-order valence-electron chi connectivity index (χ1n) is 3.63. The maximum atomic E-state index is 10.1. The molecule has 0 aromatic carbocycles. The number of allylic oxidation sites excluding steroid dienone is 1. The maximum Gasteiger partial charge on any atom is 0.285 e. The zero-order valence-electron chi connectivity index (χ0n) is 7.24. The van der Waals surface area contributed by atoms with Crippen LogP contribution in [0, 0.1) is 5.92 Å². The Morgan fingerprint density at radius 3 is 2.67 bits per heavy atom. The van der Waals surface area contributed by atoms with Crippen LogP contribution in [-0.4, -0.2) is 17.6 Å². The second kappa shape index (κ2) is 5.42. The highest BCUT2D eigenvalue weighted by molar-refractivity contribution is 5.72. The van der Waals surface area contributed by atoms with Crippen molar-refractivity contribution in [3.8, 4) is 0 Å². The van der Waals surface area contributed by atoms with Crippen LogP contribution in [0.4, 0.5) is 0 Å². The number of aliphatic carboxylic acids is 1. The number of carboxylic acid groups (broad SMARTS) is 1. The second-order valence-electron chi connectivity index (χ2n) is 2.62. The minimum atomic E-state index is -0.952. The zero-order valence-corrected chi connectivity index (χ0v) is 7.24. The van der Waals surface area contributed by atoms with Gasteiger partial charge in [0.1, 0.15) is 0 Å². The van der Waals surface area contributed by atoms with Crippen molar-refractivity contribution in [1.29, 1.82) is 0 Å². The van der Waals surface area contributed by atoms with Gasteiger partial charge in [0, 0.05) is 5.70 Å². The number of hydrogen-bond donors (Lipinski definition) is 3. The Morgan fingerprint density at radius 2 is 2.33 bits per heavy atom. The first-order chi connectivity index (χ1) is 5.57. The highest BCUT2D eigenvalue weighted by atomic mass is 16.4. The summed E-state index contributed by atoms with van der Waals surface area (Å²) in [5.74, 6) is 4.43. The predicted molar refractivity (Wildman–Crippen MR) is 46.1 cm³/mol. The van der Waals surface area contributed by atoms with Crippen molar-refractivity contribution in [3.63, 3.8) is 0 Å². The van der Waals surface area contributed by atoms with Crippen molar-refractivity contribution in [2.45, 2.75) is 13.8 Å². The molecule has 5 heteroatoms. The SMILES string of the molecule is CC(C)C(=C[N-]CC(=O)O)NN. The van der Waals surface area contributed by atoms with E-state index in [0.717, 1.165) is 5.70 Å². The van der Waals surface area contributed by atoms with E-state index in [1.165, 1.54) is 6.20 Å². The zero-order chi connectivity index (χ0) is 9.56. The molecule has 0 aliphatic rings. The Kier molecular flexibility index (Phi) is 4.87. The van der Waals surface area contributed by atoms with Gasteiger partial charge in [-0.2, -0.15) is 6.20 Å². The van der Waals surface area contributed by atoms with Crippen molar-refractivity contribution in [3.05, 3.63) is 17.2 Å². The third-order valence-corrected chi connectivity index (χ3v) is 1.25. The molecule has 12 heavy (non-hydrogen) atoms. The molecule has 0 fully saturated rings. The quantitative estimate of drug-likeness (QED) is 0.413. The van der Waals surface area contributed by atoms with Crippen molar-refractivity contribution >= 4 is 5.97 Å². The van der Waals surface area contributed by atoms with Crippen LogP contribution in [0.5, 0.6) is 0 Å². The summed E-state index contributed by atoms with van der Waals surface area (Å²) in [6, 6.07) is 0. The van der Waals surface area contributed by atoms with Crippen LogP contribution in [0.2, 0.25) is 0 Å². The standard InChI is InChI=1S/C7H14N3O2/c1-5(2)6(10-8)3-9-4-7(11)12/h3,5,10H,4,8H2,1-2H3,(H,11,12)/q-1. The summed E-state index contributed by atoms with van der Waals surface area (Å²) >= 11 is 0. The summed E-state index contributed by atoms with van der Waals surface area (Å²) in [6.07, 6.45) is 1.44. The van der Waals surface area contributed by atoms with E-state index in [0.29, 0.717) is 0 Å². The van der Waals surface area contributed by atoms with Gasteiger partial charge in [0.05, 0.1) is 0 Å². The van der Waals surface area contributed by atoms with Crippen LogP contribution in [0.3, 0.4) is 0 Å². The lowest BCUT2D eigenvalue weighted by atomic mass is 10.1. The molecule has 0 aliphatic carbocycles. The molecule has 0 saturated heterocycles.